The van der Waals surface area contributed by atoms with E-state index < -0.39 is 6.10 Å². The summed E-state index contributed by atoms with van der Waals surface area (Å²) in [6.45, 7) is 3.36. The molecule has 0 spiro atoms. The Morgan fingerprint density at radius 1 is 1.24 bits per heavy atom. The Labute approximate surface area is 102 Å². The molecule has 1 unspecified atom stereocenters. The Kier molecular flexibility index (Phi) is 5.40. The molecule has 0 heterocycles. The van der Waals surface area contributed by atoms with E-state index in [-0.39, 0.29) is 11.8 Å². The molecule has 0 saturated heterocycles. The Hall–Kier alpha value is -1.64. The zero-order valence-corrected chi connectivity index (χ0v) is 10.3. The molecule has 3 nitrogen and oxygen atoms in total. The van der Waals surface area contributed by atoms with Gasteiger partial charge in [-0.25, -0.2) is 0 Å². The van der Waals surface area contributed by atoms with Crippen molar-refractivity contribution in [2.75, 3.05) is 0 Å². The van der Waals surface area contributed by atoms with Gasteiger partial charge in [0.05, 0.1) is 0 Å². The molecular weight excluding hydrogens is 216 g/mol. The fraction of sp³-hybridized carbons (Fsp3) is 0.429. The van der Waals surface area contributed by atoms with Crippen molar-refractivity contribution in [1.82, 2.24) is 0 Å². The first-order valence-electron chi connectivity index (χ1n) is 5.87. The van der Waals surface area contributed by atoms with Crippen LogP contribution in [0.4, 0.5) is 0 Å². The summed E-state index contributed by atoms with van der Waals surface area (Å²) in [5, 5.41) is 0. The first-order chi connectivity index (χ1) is 8.13. The molecule has 0 bridgehead atoms. The highest BCUT2D eigenvalue weighted by Gasteiger charge is 2.19. The first kappa shape index (κ1) is 13.4. The summed E-state index contributed by atoms with van der Waals surface area (Å²) in [6, 6.07) is 9.56. The van der Waals surface area contributed by atoms with Crippen LogP contribution in [-0.2, 0) is 20.7 Å². The topological polar surface area (TPSA) is 43.4 Å². The summed E-state index contributed by atoms with van der Waals surface area (Å²) in [7, 11) is 0. The molecule has 3 heteroatoms. The number of carbonyl (C=O) groups is 2. The molecule has 1 rings (SSSR count). The lowest BCUT2D eigenvalue weighted by Gasteiger charge is -2.15. The molecule has 0 N–H and O–H groups in total. The second-order valence-corrected chi connectivity index (χ2v) is 4.03. The van der Waals surface area contributed by atoms with Crippen molar-refractivity contribution < 1.29 is 14.3 Å². The lowest BCUT2D eigenvalue weighted by Crippen LogP contribution is -2.27. The minimum absolute atomic E-state index is 0.113. The molecule has 0 radical (unpaired) electrons. The van der Waals surface area contributed by atoms with Crippen LogP contribution in [0.15, 0.2) is 30.3 Å². The van der Waals surface area contributed by atoms with E-state index in [1.807, 2.05) is 37.3 Å². The minimum atomic E-state index is -0.656. The summed E-state index contributed by atoms with van der Waals surface area (Å²) in [5.41, 5.74) is 0.997. The zero-order chi connectivity index (χ0) is 12.7. The molecular formula is C14H18O3. The third-order valence-corrected chi connectivity index (χ3v) is 2.45. The van der Waals surface area contributed by atoms with Crippen LogP contribution in [0, 0.1) is 0 Å². The second-order valence-electron chi connectivity index (χ2n) is 4.03. The molecule has 0 saturated carbocycles. The maximum atomic E-state index is 11.4. The second kappa shape index (κ2) is 6.84. The lowest BCUT2D eigenvalue weighted by atomic mass is 10.1. The first-order valence-corrected chi connectivity index (χ1v) is 5.87. The lowest BCUT2D eigenvalue weighted by molar-refractivity contribution is -0.154. The summed E-state index contributed by atoms with van der Waals surface area (Å²) in [4.78, 5) is 22.8. The molecule has 0 aliphatic heterocycles. The van der Waals surface area contributed by atoms with Crippen LogP contribution in [0.2, 0.25) is 0 Å². The Bertz CT molecular complexity index is 370. The van der Waals surface area contributed by atoms with Crippen molar-refractivity contribution >= 4 is 11.8 Å². The monoisotopic (exact) mass is 234 g/mol. The molecule has 1 atom stereocenters. The van der Waals surface area contributed by atoms with E-state index in [0.29, 0.717) is 12.8 Å². The summed E-state index contributed by atoms with van der Waals surface area (Å²) < 4.78 is 5.17. The summed E-state index contributed by atoms with van der Waals surface area (Å²) in [5.74, 6) is -0.415. The average Bonchev–Trinajstić information content (AvgIpc) is 2.29. The van der Waals surface area contributed by atoms with Crippen molar-refractivity contribution in [1.29, 1.82) is 0 Å². The van der Waals surface area contributed by atoms with Crippen LogP contribution < -0.4 is 0 Å². The molecule has 92 valence electrons. The SMILES string of the molecule is CCCC(=O)OC(Cc1ccccc1)C(C)=O. The van der Waals surface area contributed by atoms with Gasteiger partial charge in [-0.05, 0) is 18.9 Å². The highest BCUT2D eigenvalue weighted by Crippen LogP contribution is 2.08. The van der Waals surface area contributed by atoms with E-state index in [0.717, 1.165) is 12.0 Å². The zero-order valence-electron chi connectivity index (χ0n) is 10.3. The third-order valence-electron chi connectivity index (χ3n) is 2.45. The van der Waals surface area contributed by atoms with E-state index in [9.17, 15) is 9.59 Å². The van der Waals surface area contributed by atoms with E-state index in [1.165, 1.54) is 6.92 Å². The van der Waals surface area contributed by atoms with Gasteiger partial charge < -0.3 is 4.74 Å². The van der Waals surface area contributed by atoms with Crippen LogP contribution in [0.5, 0.6) is 0 Å². The van der Waals surface area contributed by atoms with Crippen LogP contribution in [0.3, 0.4) is 0 Å². The van der Waals surface area contributed by atoms with Gasteiger partial charge >= 0.3 is 5.97 Å². The number of carbonyl (C=O) groups excluding carboxylic acids is 2. The molecule has 17 heavy (non-hydrogen) atoms. The summed E-state index contributed by atoms with van der Waals surface area (Å²) >= 11 is 0. The number of ketones is 1. The molecule has 0 aliphatic rings. The van der Waals surface area contributed by atoms with E-state index >= 15 is 0 Å². The number of Topliss-reactive ketones (excluding diaryl/α,β-unsaturated/α-hetero) is 1. The fourth-order valence-electron chi connectivity index (χ4n) is 1.52. The van der Waals surface area contributed by atoms with Crippen molar-refractivity contribution in [3.8, 4) is 0 Å². The van der Waals surface area contributed by atoms with Crippen molar-refractivity contribution in [2.24, 2.45) is 0 Å². The Balaban J connectivity index is 2.61. The van der Waals surface area contributed by atoms with Gasteiger partial charge in [0, 0.05) is 12.8 Å². The minimum Gasteiger partial charge on any atom is -0.454 e. The predicted octanol–water partition coefficient (Wildman–Crippen LogP) is 2.53. The maximum absolute atomic E-state index is 11.4. The quantitative estimate of drug-likeness (QED) is 0.710. The third kappa shape index (κ3) is 4.81. The van der Waals surface area contributed by atoms with Crippen LogP contribution in [0.25, 0.3) is 0 Å². The molecule has 0 fully saturated rings. The fourth-order valence-corrected chi connectivity index (χ4v) is 1.52. The van der Waals surface area contributed by atoms with E-state index in [4.69, 9.17) is 4.74 Å². The number of esters is 1. The van der Waals surface area contributed by atoms with Crippen LogP contribution in [-0.4, -0.2) is 17.9 Å². The van der Waals surface area contributed by atoms with Crippen LogP contribution >= 0.6 is 0 Å². The normalized spacial score (nSPS) is 11.9. The average molecular weight is 234 g/mol. The molecule has 1 aromatic rings. The van der Waals surface area contributed by atoms with Gasteiger partial charge in [-0.1, -0.05) is 37.3 Å². The standard InChI is InChI=1S/C14H18O3/c1-3-7-14(16)17-13(11(2)15)10-12-8-5-4-6-9-12/h4-6,8-9,13H,3,7,10H2,1-2H3. The molecule has 0 aromatic heterocycles. The summed E-state index contributed by atoms with van der Waals surface area (Å²) in [6.07, 6.45) is 0.885. The van der Waals surface area contributed by atoms with Gasteiger partial charge in [0.15, 0.2) is 11.9 Å². The van der Waals surface area contributed by atoms with Crippen molar-refractivity contribution in [3.05, 3.63) is 35.9 Å². The maximum Gasteiger partial charge on any atom is 0.306 e. The van der Waals surface area contributed by atoms with E-state index in [2.05, 4.69) is 0 Å². The van der Waals surface area contributed by atoms with Gasteiger partial charge in [-0.3, -0.25) is 9.59 Å². The Morgan fingerprint density at radius 2 is 1.88 bits per heavy atom. The number of ether oxygens (including phenoxy) is 1. The van der Waals surface area contributed by atoms with Gasteiger partial charge in [0.2, 0.25) is 0 Å². The highest BCUT2D eigenvalue weighted by atomic mass is 16.5. The van der Waals surface area contributed by atoms with Crippen molar-refractivity contribution in [2.45, 2.75) is 39.2 Å². The number of rotatable bonds is 6. The number of hydrogen-bond donors (Lipinski definition) is 0. The van der Waals surface area contributed by atoms with Crippen molar-refractivity contribution in [3.63, 3.8) is 0 Å². The largest absolute Gasteiger partial charge is 0.454 e. The highest BCUT2D eigenvalue weighted by molar-refractivity contribution is 5.83. The smallest absolute Gasteiger partial charge is 0.306 e. The number of benzene rings is 1. The van der Waals surface area contributed by atoms with Crippen LogP contribution in [0.1, 0.15) is 32.3 Å². The predicted molar refractivity (Wildman–Crippen MR) is 65.6 cm³/mol. The van der Waals surface area contributed by atoms with Gasteiger partial charge in [-0.2, -0.15) is 0 Å². The molecule has 1 aromatic carbocycles. The molecule has 0 aliphatic carbocycles. The van der Waals surface area contributed by atoms with Gasteiger partial charge in [0.25, 0.3) is 0 Å². The van der Waals surface area contributed by atoms with Gasteiger partial charge in [-0.15, -0.1) is 0 Å². The van der Waals surface area contributed by atoms with Gasteiger partial charge in [0.1, 0.15) is 0 Å². The Morgan fingerprint density at radius 3 is 2.41 bits per heavy atom. The number of hydrogen-bond acceptors (Lipinski definition) is 3. The van der Waals surface area contributed by atoms with E-state index in [1.54, 1.807) is 0 Å². The molecule has 0 amide bonds.